The smallest absolute Gasteiger partial charge is 0.223 e. The summed E-state index contributed by atoms with van der Waals surface area (Å²) in [6.07, 6.45) is 0.594. The van der Waals surface area contributed by atoms with Crippen molar-refractivity contribution in [3.63, 3.8) is 0 Å². The summed E-state index contributed by atoms with van der Waals surface area (Å²) >= 11 is 0. The van der Waals surface area contributed by atoms with Crippen molar-refractivity contribution in [2.75, 3.05) is 39.8 Å². The Morgan fingerprint density at radius 2 is 1.84 bits per heavy atom. The predicted octanol–water partition coefficient (Wildman–Crippen LogP) is 0.940. The first-order chi connectivity index (χ1) is 9.25. The predicted molar refractivity (Wildman–Crippen MR) is 76.8 cm³/mol. The van der Waals surface area contributed by atoms with Gasteiger partial charge < -0.3 is 15.1 Å². The van der Waals surface area contributed by atoms with E-state index >= 15 is 0 Å². The van der Waals surface area contributed by atoms with E-state index in [2.05, 4.69) is 29.4 Å². The molecule has 0 unspecified atom stereocenters. The van der Waals surface area contributed by atoms with Gasteiger partial charge in [0.15, 0.2) is 0 Å². The number of amides is 1. The molecule has 1 N–H and O–H groups in total. The van der Waals surface area contributed by atoms with E-state index in [0.29, 0.717) is 6.42 Å². The van der Waals surface area contributed by atoms with Gasteiger partial charge in [0.1, 0.15) is 0 Å². The number of carbonyl (C=O) groups is 1. The van der Waals surface area contributed by atoms with Crippen LogP contribution in [-0.4, -0.2) is 55.5 Å². The summed E-state index contributed by atoms with van der Waals surface area (Å²) in [6, 6.07) is 10.3. The van der Waals surface area contributed by atoms with Crippen molar-refractivity contribution in [2.24, 2.45) is 0 Å². The number of rotatable bonds is 5. The summed E-state index contributed by atoms with van der Waals surface area (Å²) < 4.78 is 0. The maximum atomic E-state index is 12.0. The fraction of sp³-hybridized carbons (Fsp3) is 0.533. The van der Waals surface area contributed by atoms with Crippen molar-refractivity contribution in [3.8, 4) is 0 Å². The van der Waals surface area contributed by atoms with Gasteiger partial charge in [-0.15, -0.1) is 0 Å². The van der Waals surface area contributed by atoms with Crippen LogP contribution in [-0.2, 0) is 11.3 Å². The molecule has 1 fully saturated rings. The van der Waals surface area contributed by atoms with E-state index in [1.54, 1.807) is 0 Å². The van der Waals surface area contributed by atoms with Gasteiger partial charge in [0, 0.05) is 45.7 Å². The van der Waals surface area contributed by atoms with Crippen LogP contribution in [0.1, 0.15) is 12.0 Å². The largest absolute Gasteiger partial charge is 0.340 e. The summed E-state index contributed by atoms with van der Waals surface area (Å²) in [5, 5.41) is 3.32. The second kappa shape index (κ2) is 7.26. The molecular weight excluding hydrogens is 238 g/mol. The molecule has 0 atom stereocenters. The third kappa shape index (κ3) is 4.65. The van der Waals surface area contributed by atoms with Crippen LogP contribution in [0.15, 0.2) is 30.3 Å². The highest BCUT2D eigenvalue weighted by atomic mass is 16.2. The molecule has 1 aromatic carbocycles. The third-order valence-electron chi connectivity index (χ3n) is 3.54. The SMILES string of the molecule is CN1CCN(C(=O)CCNCc2ccccc2)CC1. The lowest BCUT2D eigenvalue weighted by atomic mass is 10.2. The Bertz CT molecular complexity index is 386. The first kappa shape index (κ1) is 14.0. The van der Waals surface area contributed by atoms with Gasteiger partial charge in [0.25, 0.3) is 0 Å². The molecule has 1 aliphatic heterocycles. The van der Waals surface area contributed by atoms with E-state index in [0.717, 1.165) is 39.3 Å². The van der Waals surface area contributed by atoms with Gasteiger partial charge in [-0.25, -0.2) is 0 Å². The van der Waals surface area contributed by atoms with E-state index in [9.17, 15) is 4.79 Å². The highest BCUT2D eigenvalue weighted by molar-refractivity contribution is 5.76. The van der Waals surface area contributed by atoms with Gasteiger partial charge in [0.2, 0.25) is 5.91 Å². The molecule has 2 rings (SSSR count). The fourth-order valence-electron chi connectivity index (χ4n) is 2.24. The minimum atomic E-state index is 0.272. The highest BCUT2D eigenvalue weighted by Gasteiger charge is 2.18. The molecule has 0 radical (unpaired) electrons. The number of benzene rings is 1. The van der Waals surface area contributed by atoms with E-state index in [1.165, 1.54) is 5.56 Å². The summed E-state index contributed by atoms with van der Waals surface area (Å²) in [7, 11) is 2.10. The Hall–Kier alpha value is -1.39. The molecule has 1 heterocycles. The van der Waals surface area contributed by atoms with Gasteiger partial charge in [-0.2, -0.15) is 0 Å². The molecule has 0 aliphatic carbocycles. The monoisotopic (exact) mass is 261 g/mol. The zero-order valence-corrected chi connectivity index (χ0v) is 11.6. The average Bonchev–Trinajstić information content (AvgIpc) is 2.45. The lowest BCUT2D eigenvalue weighted by Gasteiger charge is -2.32. The van der Waals surface area contributed by atoms with Gasteiger partial charge >= 0.3 is 0 Å². The minimum absolute atomic E-state index is 0.272. The fourth-order valence-corrected chi connectivity index (χ4v) is 2.24. The standard InChI is InChI=1S/C15H23N3O/c1-17-9-11-18(12-10-17)15(19)7-8-16-13-14-5-3-2-4-6-14/h2-6,16H,7-13H2,1H3. The number of nitrogens with zero attached hydrogens (tertiary/aromatic N) is 2. The van der Waals surface area contributed by atoms with Gasteiger partial charge in [-0.05, 0) is 12.6 Å². The number of carbonyl (C=O) groups excluding carboxylic acids is 1. The number of likely N-dealkylation sites (N-methyl/N-ethyl adjacent to an activating group) is 1. The topological polar surface area (TPSA) is 35.6 Å². The Balaban J connectivity index is 1.61. The van der Waals surface area contributed by atoms with Crippen LogP contribution in [0.5, 0.6) is 0 Å². The first-order valence-electron chi connectivity index (χ1n) is 6.96. The minimum Gasteiger partial charge on any atom is -0.340 e. The van der Waals surface area contributed by atoms with Gasteiger partial charge in [-0.3, -0.25) is 4.79 Å². The summed E-state index contributed by atoms with van der Waals surface area (Å²) in [5.41, 5.74) is 1.26. The number of hydrogen-bond donors (Lipinski definition) is 1. The molecule has 4 heteroatoms. The normalized spacial score (nSPS) is 16.6. The molecule has 0 saturated carbocycles. The first-order valence-corrected chi connectivity index (χ1v) is 6.96. The molecule has 1 saturated heterocycles. The van der Waals surface area contributed by atoms with Crippen LogP contribution >= 0.6 is 0 Å². The van der Waals surface area contributed by atoms with Crippen LogP contribution in [0.2, 0.25) is 0 Å². The number of piperazine rings is 1. The maximum absolute atomic E-state index is 12.0. The molecule has 0 spiro atoms. The van der Waals surface area contributed by atoms with E-state index in [-0.39, 0.29) is 5.91 Å². The zero-order chi connectivity index (χ0) is 13.5. The van der Waals surface area contributed by atoms with Crippen molar-refractivity contribution < 1.29 is 4.79 Å². The molecule has 1 aromatic rings. The van der Waals surface area contributed by atoms with Crippen LogP contribution in [0.4, 0.5) is 0 Å². The molecule has 0 bridgehead atoms. The van der Waals surface area contributed by atoms with E-state index < -0.39 is 0 Å². The maximum Gasteiger partial charge on any atom is 0.223 e. The van der Waals surface area contributed by atoms with Crippen LogP contribution in [0.25, 0.3) is 0 Å². The Labute approximate surface area is 115 Å². The van der Waals surface area contributed by atoms with Crippen molar-refractivity contribution in [1.82, 2.24) is 15.1 Å². The van der Waals surface area contributed by atoms with E-state index in [4.69, 9.17) is 0 Å². The van der Waals surface area contributed by atoms with Gasteiger partial charge in [0.05, 0.1) is 0 Å². The molecule has 1 aliphatic rings. The summed E-state index contributed by atoms with van der Waals surface area (Å²) in [5.74, 6) is 0.272. The molecule has 1 amide bonds. The second-order valence-corrected chi connectivity index (χ2v) is 5.10. The quantitative estimate of drug-likeness (QED) is 0.801. The lowest BCUT2D eigenvalue weighted by Crippen LogP contribution is -2.47. The summed E-state index contributed by atoms with van der Waals surface area (Å²) in [6.45, 7) is 5.30. The molecule has 0 aromatic heterocycles. The second-order valence-electron chi connectivity index (χ2n) is 5.10. The highest BCUT2D eigenvalue weighted by Crippen LogP contribution is 2.02. The molecule has 104 valence electrons. The summed E-state index contributed by atoms with van der Waals surface area (Å²) in [4.78, 5) is 16.2. The number of nitrogens with one attached hydrogen (secondary N) is 1. The van der Waals surface area contributed by atoms with E-state index in [1.807, 2.05) is 23.1 Å². The lowest BCUT2D eigenvalue weighted by molar-refractivity contribution is -0.132. The Kier molecular flexibility index (Phi) is 5.36. The van der Waals surface area contributed by atoms with Crippen LogP contribution in [0.3, 0.4) is 0 Å². The van der Waals surface area contributed by atoms with Crippen LogP contribution < -0.4 is 5.32 Å². The van der Waals surface area contributed by atoms with Crippen molar-refractivity contribution in [2.45, 2.75) is 13.0 Å². The van der Waals surface area contributed by atoms with Crippen LogP contribution in [0, 0.1) is 0 Å². The Morgan fingerprint density at radius 3 is 2.53 bits per heavy atom. The molecule has 4 nitrogen and oxygen atoms in total. The zero-order valence-electron chi connectivity index (χ0n) is 11.6. The van der Waals surface area contributed by atoms with Gasteiger partial charge in [-0.1, -0.05) is 30.3 Å². The van der Waals surface area contributed by atoms with Crippen molar-refractivity contribution in [3.05, 3.63) is 35.9 Å². The number of hydrogen-bond acceptors (Lipinski definition) is 3. The Morgan fingerprint density at radius 1 is 1.16 bits per heavy atom. The third-order valence-corrected chi connectivity index (χ3v) is 3.54. The van der Waals surface area contributed by atoms with Crippen molar-refractivity contribution >= 4 is 5.91 Å². The molecule has 19 heavy (non-hydrogen) atoms. The van der Waals surface area contributed by atoms with Crippen molar-refractivity contribution in [1.29, 1.82) is 0 Å². The average molecular weight is 261 g/mol. The molecular formula is C15H23N3O.